The highest BCUT2D eigenvalue weighted by atomic mass is 16.5. The number of aromatic nitrogens is 3. The molecule has 16 heavy (non-hydrogen) atoms. The van der Waals surface area contributed by atoms with Gasteiger partial charge < -0.3 is 10.5 Å². The van der Waals surface area contributed by atoms with Crippen LogP contribution in [0.15, 0.2) is 0 Å². The summed E-state index contributed by atoms with van der Waals surface area (Å²) >= 11 is 0. The van der Waals surface area contributed by atoms with Crippen molar-refractivity contribution in [2.24, 2.45) is 5.73 Å². The van der Waals surface area contributed by atoms with Gasteiger partial charge in [-0.05, 0) is 26.3 Å². The van der Waals surface area contributed by atoms with Crippen LogP contribution in [0, 0.1) is 0 Å². The highest BCUT2D eigenvalue weighted by Crippen LogP contribution is 2.02. The average molecular weight is 226 g/mol. The number of esters is 1. The van der Waals surface area contributed by atoms with Crippen LogP contribution in [-0.4, -0.2) is 34.3 Å². The van der Waals surface area contributed by atoms with Crippen molar-refractivity contribution >= 4 is 5.97 Å². The molecule has 6 heteroatoms. The van der Waals surface area contributed by atoms with Crippen LogP contribution in [0.2, 0.25) is 0 Å². The van der Waals surface area contributed by atoms with E-state index in [2.05, 4.69) is 15.2 Å². The Balaban J connectivity index is 2.36. The summed E-state index contributed by atoms with van der Waals surface area (Å²) in [6.07, 6.45) is 3.85. The monoisotopic (exact) mass is 226 g/mol. The van der Waals surface area contributed by atoms with E-state index < -0.39 is 5.97 Å². The molecule has 0 saturated heterocycles. The standard InChI is InChI=1S/C10H18N4O2/c1-2-16-10(15)9-12-8(13-14-9)6-4-3-5-7-11/h2-7,11H2,1H3,(H,12,13,14). The van der Waals surface area contributed by atoms with E-state index in [0.29, 0.717) is 13.2 Å². The Bertz CT molecular complexity index is 324. The largest absolute Gasteiger partial charge is 0.460 e. The summed E-state index contributed by atoms with van der Waals surface area (Å²) < 4.78 is 4.78. The minimum absolute atomic E-state index is 0.107. The third-order valence-corrected chi connectivity index (χ3v) is 2.11. The van der Waals surface area contributed by atoms with Crippen molar-refractivity contribution in [2.75, 3.05) is 13.2 Å². The van der Waals surface area contributed by atoms with Gasteiger partial charge in [0.2, 0.25) is 0 Å². The summed E-state index contributed by atoms with van der Waals surface area (Å²) in [5.74, 6) is 0.350. The average Bonchev–Trinajstić information content (AvgIpc) is 2.73. The molecule has 0 aromatic carbocycles. The van der Waals surface area contributed by atoms with Gasteiger partial charge in [-0.1, -0.05) is 6.42 Å². The van der Waals surface area contributed by atoms with Crippen molar-refractivity contribution in [3.63, 3.8) is 0 Å². The SMILES string of the molecule is CCOC(=O)c1n[nH]c(CCCCCN)n1. The highest BCUT2D eigenvalue weighted by molar-refractivity contribution is 5.84. The number of hydrogen-bond donors (Lipinski definition) is 2. The maximum absolute atomic E-state index is 11.3. The molecule has 0 amide bonds. The Morgan fingerprint density at radius 2 is 2.25 bits per heavy atom. The fourth-order valence-electron chi connectivity index (χ4n) is 1.31. The van der Waals surface area contributed by atoms with E-state index in [1.54, 1.807) is 6.92 Å². The van der Waals surface area contributed by atoms with Crippen molar-refractivity contribution in [1.82, 2.24) is 15.2 Å². The number of rotatable bonds is 7. The second-order valence-corrected chi connectivity index (χ2v) is 3.43. The lowest BCUT2D eigenvalue weighted by molar-refractivity contribution is 0.0512. The van der Waals surface area contributed by atoms with E-state index in [1.807, 2.05) is 0 Å². The number of aryl methyl sites for hydroxylation is 1. The third kappa shape index (κ3) is 3.98. The molecule has 1 aromatic rings. The Morgan fingerprint density at radius 3 is 2.94 bits per heavy atom. The van der Waals surface area contributed by atoms with Crippen LogP contribution in [-0.2, 0) is 11.2 Å². The number of carbonyl (C=O) groups excluding carboxylic acids is 1. The van der Waals surface area contributed by atoms with Crippen LogP contribution in [0.1, 0.15) is 42.6 Å². The molecule has 1 rings (SSSR count). The van der Waals surface area contributed by atoms with E-state index in [-0.39, 0.29) is 5.82 Å². The van der Waals surface area contributed by atoms with Gasteiger partial charge in [-0.3, -0.25) is 5.10 Å². The Labute approximate surface area is 94.6 Å². The molecule has 0 atom stereocenters. The molecular formula is C10H18N4O2. The van der Waals surface area contributed by atoms with Gasteiger partial charge in [0.25, 0.3) is 5.82 Å². The summed E-state index contributed by atoms with van der Waals surface area (Å²) in [4.78, 5) is 15.3. The van der Waals surface area contributed by atoms with Crippen molar-refractivity contribution < 1.29 is 9.53 Å². The highest BCUT2D eigenvalue weighted by Gasteiger charge is 2.12. The summed E-state index contributed by atoms with van der Waals surface area (Å²) in [6.45, 7) is 2.79. The van der Waals surface area contributed by atoms with Gasteiger partial charge in [-0.25, -0.2) is 9.78 Å². The molecule has 0 aliphatic rings. The number of unbranched alkanes of at least 4 members (excludes halogenated alkanes) is 2. The van der Waals surface area contributed by atoms with Gasteiger partial charge in [0.05, 0.1) is 6.61 Å². The molecule has 0 saturated carbocycles. The fourth-order valence-corrected chi connectivity index (χ4v) is 1.31. The topological polar surface area (TPSA) is 93.9 Å². The number of ether oxygens (including phenoxy) is 1. The number of aromatic amines is 1. The van der Waals surface area contributed by atoms with Gasteiger partial charge in [-0.15, -0.1) is 5.10 Å². The molecule has 0 spiro atoms. The molecule has 0 bridgehead atoms. The van der Waals surface area contributed by atoms with E-state index >= 15 is 0 Å². The number of nitrogens with zero attached hydrogens (tertiary/aromatic N) is 2. The molecule has 0 aliphatic carbocycles. The Hall–Kier alpha value is -1.43. The first-order chi connectivity index (χ1) is 7.77. The number of nitrogens with two attached hydrogens (primary N) is 1. The second kappa shape index (κ2) is 6.95. The number of nitrogens with one attached hydrogen (secondary N) is 1. The van der Waals surface area contributed by atoms with E-state index in [1.165, 1.54) is 0 Å². The van der Waals surface area contributed by atoms with E-state index in [9.17, 15) is 4.79 Å². The molecule has 0 fully saturated rings. The summed E-state index contributed by atoms with van der Waals surface area (Å²) in [6, 6.07) is 0. The molecular weight excluding hydrogens is 208 g/mol. The zero-order chi connectivity index (χ0) is 11.8. The smallest absolute Gasteiger partial charge is 0.378 e. The van der Waals surface area contributed by atoms with Gasteiger partial charge in [-0.2, -0.15) is 0 Å². The van der Waals surface area contributed by atoms with E-state index in [0.717, 1.165) is 31.5 Å². The maximum atomic E-state index is 11.3. The van der Waals surface area contributed by atoms with Gasteiger partial charge in [0, 0.05) is 6.42 Å². The summed E-state index contributed by atoms with van der Waals surface area (Å²) in [7, 11) is 0. The summed E-state index contributed by atoms with van der Waals surface area (Å²) in [5.41, 5.74) is 5.39. The van der Waals surface area contributed by atoms with Crippen LogP contribution >= 0.6 is 0 Å². The predicted octanol–water partition coefficient (Wildman–Crippen LogP) is 0.653. The van der Waals surface area contributed by atoms with Gasteiger partial charge >= 0.3 is 5.97 Å². The molecule has 6 nitrogen and oxygen atoms in total. The van der Waals surface area contributed by atoms with Crippen LogP contribution in [0.4, 0.5) is 0 Å². The lowest BCUT2D eigenvalue weighted by Crippen LogP contribution is -2.06. The van der Waals surface area contributed by atoms with Crippen molar-refractivity contribution in [3.05, 3.63) is 11.6 Å². The minimum Gasteiger partial charge on any atom is -0.460 e. The first-order valence-corrected chi connectivity index (χ1v) is 5.56. The van der Waals surface area contributed by atoms with Crippen LogP contribution < -0.4 is 5.73 Å². The van der Waals surface area contributed by atoms with Crippen molar-refractivity contribution in [2.45, 2.75) is 32.6 Å². The van der Waals surface area contributed by atoms with Crippen molar-refractivity contribution in [3.8, 4) is 0 Å². The second-order valence-electron chi connectivity index (χ2n) is 3.43. The zero-order valence-corrected chi connectivity index (χ0v) is 9.53. The van der Waals surface area contributed by atoms with Crippen molar-refractivity contribution in [1.29, 1.82) is 0 Å². The molecule has 3 N–H and O–H groups in total. The molecule has 1 aromatic heterocycles. The van der Waals surface area contributed by atoms with Crippen LogP contribution in [0.5, 0.6) is 0 Å². The number of hydrogen-bond acceptors (Lipinski definition) is 5. The first-order valence-electron chi connectivity index (χ1n) is 5.56. The van der Waals surface area contributed by atoms with Gasteiger partial charge in [0.15, 0.2) is 0 Å². The lowest BCUT2D eigenvalue weighted by Gasteiger charge is -1.96. The van der Waals surface area contributed by atoms with Gasteiger partial charge in [0.1, 0.15) is 5.82 Å². The number of H-pyrrole nitrogens is 1. The normalized spacial score (nSPS) is 10.4. The Kier molecular flexibility index (Phi) is 5.49. The number of carbonyl (C=O) groups is 1. The molecule has 1 heterocycles. The molecule has 0 radical (unpaired) electrons. The van der Waals surface area contributed by atoms with Crippen LogP contribution in [0.25, 0.3) is 0 Å². The molecule has 0 unspecified atom stereocenters. The third-order valence-electron chi connectivity index (χ3n) is 2.11. The van der Waals surface area contributed by atoms with Crippen LogP contribution in [0.3, 0.4) is 0 Å². The minimum atomic E-state index is -0.480. The maximum Gasteiger partial charge on any atom is 0.378 e. The zero-order valence-electron chi connectivity index (χ0n) is 9.53. The quantitative estimate of drug-likeness (QED) is 0.526. The molecule has 90 valence electrons. The first kappa shape index (κ1) is 12.6. The Morgan fingerprint density at radius 1 is 1.44 bits per heavy atom. The molecule has 0 aliphatic heterocycles. The lowest BCUT2D eigenvalue weighted by atomic mass is 10.2. The van der Waals surface area contributed by atoms with E-state index in [4.69, 9.17) is 10.5 Å². The summed E-state index contributed by atoms with van der Waals surface area (Å²) in [5, 5.41) is 6.53. The fraction of sp³-hybridized carbons (Fsp3) is 0.700. The predicted molar refractivity (Wildman–Crippen MR) is 58.9 cm³/mol.